The largest absolute Gasteiger partial charge is 0.477 e. The molecular formula is C17H18N2O3. The first-order valence-electron chi connectivity index (χ1n) is 7.35. The fourth-order valence-electron chi connectivity index (χ4n) is 2.74. The van der Waals surface area contributed by atoms with Crippen LogP contribution >= 0.6 is 0 Å². The summed E-state index contributed by atoms with van der Waals surface area (Å²) in [5.74, 6) is -0.0914. The number of carboxylic acid groups (broad SMARTS) is 1. The number of hydrogen-bond donors (Lipinski definition) is 2. The molecule has 0 spiro atoms. The summed E-state index contributed by atoms with van der Waals surface area (Å²) in [4.78, 5) is 15.0. The summed E-state index contributed by atoms with van der Waals surface area (Å²) in [7, 11) is 0. The Morgan fingerprint density at radius 2 is 2.05 bits per heavy atom. The van der Waals surface area contributed by atoms with Gasteiger partial charge in [0.15, 0.2) is 5.69 Å². The van der Waals surface area contributed by atoms with E-state index in [0.717, 1.165) is 13.0 Å². The van der Waals surface area contributed by atoms with Gasteiger partial charge in [0.05, 0.1) is 6.10 Å². The van der Waals surface area contributed by atoms with Crippen LogP contribution in [0, 0.1) is 5.92 Å². The van der Waals surface area contributed by atoms with Gasteiger partial charge in [-0.05, 0) is 24.1 Å². The zero-order valence-electron chi connectivity index (χ0n) is 12.1. The molecule has 0 aliphatic carbocycles. The lowest BCUT2D eigenvalue weighted by Gasteiger charge is -2.19. The van der Waals surface area contributed by atoms with Crippen molar-refractivity contribution in [2.75, 3.05) is 18.5 Å². The molecule has 22 heavy (non-hydrogen) atoms. The summed E-state index contributed by atoms with van der Waals surface area (Å²) < 4.78 is 5.85. The smallest absolute Gasteiger partial charge is 0.354 e. The van der Waals surface area contributed by atoms with Gasteiger partial charge in [-0.2, -0.15) is 0 Å². The van der Waals surface area contributed by atoms with Crippen LogP contribution in [0.3, 0.4) is 0 Å². The Hall–Kier alpha value is -2.40. The van der Waals surface area contributed by atoms with Gasteiger partial charge in [0.25, 0.3) is 0 Å². The second-order valence-electron chi connectivity index (χ2n) is 5.34. The summed E-state index contributed by atoms with van der Waals surface area (Å²) >= 11 is 0. The van der Waals surface area contributed by atoms with E-state index in [9.17, 15) is 4.79 Å². The molecule has 5 nitrogen and oxygen atoms in total. The van der Waals surface area contributed by atoms with Crippen molar-refractivity contribution in [3.63, 3.8) is 0 Å². The van der Waals surface area contributed by atoms with Gasteiger partial charge in [0.1, 0.15) is 5.82 Å². The maximum absolute atomic E-state index is 10.9. The first kappa shape index (κ1) is 14.5. The highest BCUT2D eigenvalue weighted by Gasteiger charge is 2.29. The summed E-state index contributed by atoms with van der Waals surface area (Å²) in [5.41, 5.74) is 1.23. The van der Waals surface area contributed by atoms with Crippen LogP contribution in [0.4, 0.5) is 5.82 Å². The third kappa shape index (κ3) is 3.26. The number of hydrogen-bond acceptors (Lipinski definition) is 4. The van der Waals surface area contributed by atoms with Crippen LogP contribution in [0.5, 0.6) is 0 Å². The van der Waals surface area contributed by atoms with Crippen LogP contribution < -0.4 is 5.32 Å². The number of ether oxygens (including phenoxy) is 1. The van der Waals surface area contributed by atoms with Crippen molar-refractivity contribution in [1.82, 2.24) is 4.98 Å². The van der Waals surface area contributed by atoms with Gasteiger partial charge in [-0.25, -0.2) is 9.78 Å². The monoisotopic (exact) mass is 298 g/mol. The molecule has 1 saturated heterocycles. The molecule has 0 unspecified atom stereocenters. The highest BCUT2D eigenvalue weighted by Crippen LogP contribution is 2.34. The molecule has 1 aliphatic heterocycles. The van der Waals surface area contributed by atoms with E-state index in [1.807, 2.05) is 18.2 Å². The number of aromatic nitrogens is 1. The topological polar surface area (TPSA) is 71.5 Å². The first-order valence-corrected chi connectivity index (χ1v) is 7.35. The molecule has 0 saturated carbocycles. The Labute approximate surface area is 129 Å². The Kier molecular flexibility index (Phi) is 4.34. The molecule has 2 aromatic rings. The molecule has 114 valence electrons. The van der Waals surface area contributed by atoms with Crippen molar-refractivity contribution in [2.24, 2.45) is 5.92 Å². The maximum atomic E-state index is 10.9. The van der Waals surface area contributed by atoms with Crippen molar-refractivity contribution >= 4 is 11.8 Å². The van der Waals surface area contributed by atoms with Crippen molar-refractivity contribution in [2.45, 2.75) is 12.5 Å². The average Bonchev–Trinajstić information content (AvgIpc) is 3.02. The number of carboxylic acids is 1. The molecule has 0 amide bonds. The maximum Gasteiger partial charge on any atom is 0.354 e. The number of nitrogens with one attached hydrogen (secondary N) is 1. The van der Waals surface area contributed by atoms with Crippen molar-refractivity contribution in [3.05, 3.63) is 59.8 Å². The molecule has 2 atom stereocenters. The van der Waals surface area contributed by atoms with Crippen LogP contribution in [0.2, 0.25) is 0 Å². The SMILES string of the molecule is O=C(O)c1cccc(NC[C@@H]2CCO[C@H]2c2ccccc2)n1. The number of benzene rings is 1. The number of aromatic carboxylic acids is 1. The number of pyridine rings is 1. The average molecular weight is 298 g/mol. The zero-order valence-corrected chi connectivity index (χ0v) is 12.1. The fraction of sp³-hybridized carbons (Fsp3) is 0.294. The quantitative estimate of drug-likeness (QED) is 0.888. The molecular weight excluding hydrogens is 280 g/mol. The van der Waals surface area contributed by atoms with E-state index in [0.29, 0.717) is 18.3 Å². The van der Waals surface area contributed by atoms with E-state index >= 15 is 0 Å². The molecule has 0 radical (unpaired) electrons. The molecule has 1 aromatic carbocycles. The Morgan fingerprint density at radius 3 is 2.82 bits per heavy atom. The summed E-state index contributed by atoms with van der Waals surface area (Å²) in [6.45, 7) is 1.45. The fourth-order valence-corrected chi connectivity index (χ4v) is 2.74. The van der Waals surface area contributed by atoms with Gasteiger partial charge in [0, 0.05) is 19.1 Å². The molecule has 1 aromatic heterocycles. The Morgan fingerprint density at radius 1 is 1.23 bits per heavy atom. The summed E-state index contributed by atoms with van der Waals surface area (Å²) in [5, 5.41) is 12.2. The molecule has 0 bridgehead atoms. The molecule has 2 heterocycles. The third-order valence-corrected chi connectivity index (χ3v) is 3.86. The molecule has 5 heteroatoms. The Balaban J connectivity index is 1.66. The predicted octanol–water partition coefficient (Wildman–Crippen LogP) is 2.97. The van der Waals surface area contributed by atoms with E-state index in [1.165, 1.54) is 11.6 Å². The molecule has 2 N–H and O–H groups in total. The van der Waals surface area contributed by atoms with E-state index in [-0.39, 0.29) is 11.8 Å². The molecule has 1 aliphatic rings. The van der Waals surface area contributed by atoms with Gasteiger partial charge in [-0.1, -0.05) is 36.4 Å². The minimum absolute atomic E-state index is 0.0484. The second kappa shape index (κ2) is 6.58. The first-order chi connectivity index (χ1) is 10.7. The van der Waals surface area contributed by atoms with E-state index in [1.54, 1.807) is 12.1 Å². The van der Waals surface area contributed by atoms with Gasteiger partial charge < -0.3 is 15.2 Å². The van der Waals surface area contributed by atoms with Crippen LogP contribution in [0.15, 0.2) is 48.5 Å². The van der Waals surface area contributed by atoms with Gasteiger partial charge in [0.2, 0.25) is 0 Å². The highest BCUT2D eigenvalue weighted by molar-refractivity contribution is 5.85. The lowest BCUT2D eigenvalue weighted by atomic mass is 9.95. The lowest BCUT2D eigenvalue weighted by Crippen LogP contribution is -2.18. The van der Waals surface area contributed by atoms with Crippen LogP contribution in [0.25, 0.3) is 0 Å². The van der Waals surface area contributed by atoms with E-state index in [4.69, 9.17) is 9.84 Å². The normalized spacial score (nSPS) is 20.7. The third-order valence-electron chi connectivity index (χ3n) is 3.86. The van der Waals surface area contributed by atoms with Crippen molar-refractivity contribution in [3.8, 4) is 0 Å². The van der Waals surface area contributed by atoms with E-state index in [2.05, 4.69) is 22.4 Å². The van der Waals surface area contributed by atoms with Gasteiger partial charge in [-0.15, -0.1) is 0 Å². The Bertz CT molecular complexity index is 645. The number of rotatable bonds is 5. The van der Waals surface area contributed by atoms with Crippen molar-refractivity contribution in [1.29, 1.82) is 0 Å². The lowest BCUT2D eigenvalue weighted by molar-refractivity contribution is 0.0690. The van der Waals surface area contributed by atoms with Crippen LogP contribution in [-0.4, -0.2) is 29.2 Å². The minimum atomic E-state index is -1.02. The minimum Gasteiger partial charge on any atom is -0.477 e. The molecule has 3 rings (SSSR count). The van der Waals surface area contributed by atoms with Crippen LogP contribution in [0.1, 0.15) is 28.6 Å². The highest BCUT2D eigenvalue weighted by atomic mass is 16.5. The molecule has 1 fully saturated rings. The number of carbonyl (C=O) groups is 1. The number of anilines is 1. The van der Waals surface area contributed by atoms with Crippen molar-refractivity contribution < 1.29 is 14.6 Å². The summed E-state index contributed by atoms with van der Waals surface area (Å²) in [6.07, 6.45) is 1.06. The van der Waals surface area contributed by atoms with Gasteiger partial charge in [-0.3, -0.25) is 0 Å². The standard InChI is InChI=1S/C17H18N2O3/c20-17(21)14-7-4-8-15(19-14)18-11-13-9-10-22-16(13)12-5-2-1-3-6-12/h1-8,13,16H,9-11H2,(H,18,19)(H,20,21)/t13-,16-/m0/s1. The van der Waals surface area contributed by atoms with E-state index < -0.39 is 5.97 Å². The zero-order chi connectivity index (χ0) is 15.4. The predicted molar refractivity (Wildman–Crippen MR) is 82.9 cm³/mol. The second-order valence-corrected chi connectivity index (χ2v) is 5.34. The van der Waals surface area contributed by atoms with Crippen LogP contribution in [-0.2, 0) is 4.74 Å². The number of nitrogens with zero attached hydrogens (tertiary/aromatic N) is 1. The summed E-state index contributed by atoms with van der Waals surface area (Å²) in [6, 6.07) is 15.1. The van der Waals surface area contributed by atoms with Gasteiger partial charge >= 0.3 is 5.97 Å².